The van der Waals surface area contributed by atoms with E-state index in [1.165, 1.54) is 4.88 Å². The average Bonchev–Trinajstić information content (AvgIpc) is 3.13. The Bertz CT molecular complexity index is 664. The normalized spacial score (nSPS) is 23.7. The van der Waals surface area contributed by atoms with Crippen molar-refractivity contribution in [2.24, 2.45) is 5.41 Å². The molecule has 1 atom stereocenters. The minimum atomic E-state index is -0.0444. The van der Waals surface area contributed by atoms with Crippen molar-refractivity contribution in [2.45, 2.75) is 45.4 Å². The van der Waals surface area contributed by atoms with E-state index in [0.29, 0.717) is 18.5 Å². The van der Waals surface area contributed by atoms with Crippen LogP contribution in [0.2, 0.25) is 0 Å². The number of aryl methyl sites for hydroxylation is 1. The first-order valence-corrected chi connectivity index (χ1v) is 9.54. The van der Waals surface area contributed by atoms with Gasteiger partial charge in [-0.25, -0.2) is 0 Å². The van der Waals surface area contributed by atoms with Gasteiger partial charge in [0.15, 0.2) is 0 Å². The van der Waals surface area contributed by atoms with E-state index in [4.69, 9.17) is 0 Å². The van der Waals surface area contributed by atoms with E-state index in [-0.39, 0.29) is 17.9 Å². The zero-order valence-electron chi connectivity index (χ0n) is 14.2. The number of fused-ring (bicyclic) bond motifs is 1. The van der Waals surface area contributed by atoms with Gasteiger partial charge in [0, 0.05) is 36.4 Å². The Morgan fingerprint density at radius 3 is 3.04 bits per heavy atom. The molecule has 3 rings (SSSR count). The van der Waals surface area contributed by atoms with Gasteiger partial charge in [0.2, 0.25) is 5.91 Å². The molecule has 1 aromatic rings. The Kier molecular flexibility index (Phi) is 5.24. The summed E-state index contributed by atoms with van der Waals surface area (Å²) in [7, 11) is 0. The van der Waals surface area contributed by atoms with Crippen LogP contribution >= 0.6 is 11.3 Å². The van der Waals surface area contributed by atoms with Crippen LogP contribution in [-0.2, 0) is 17.6 Å². The van der Waals surface area contributed by atoms with Gasteiger partial charge >= 0.3 is 0 Å². The molecule has 1 aromatic heterocycles. The van der Waals surface area contributed by atoms with Crippen LogP contribution in [0.1, 0.15) is 48.6 Å². The molecule has 2 aliphatic rings. The van der Waals surface area contributed by atoms with E-state index in [2.05, 4.69) is 23.2 Å². The van der Waals surface area contributed by atoms with Crippen LogP contribution in [0.5, 0.6) is 0 Å². The lowest BCUT2D eigenvalue weighted by atomic mass is 9.83. The third-order valence-electron chi connectivity index (χ3n) is 5.18. The highest BCUT2D eigenvalue weighted by Crippen LogP contribution is 2.38. The summed E-state index contributed by atoms with van der Waals surface area (Å²) in [6.45, 7) is 4.83. The second-order valence-electron chi connectivity index (χ2n) is 7.32. The SMILES string of the molecule is CC1(CO)CCCN(CCC(=O)Nc2sc3c(c2C#N)CCC3)C1. The molecular formula is C18H25N3O2S. The maximum absolute atomic E-state index is 12.3. The highest BCUT2D eigenvalue weighted by atomic mass is 32.1. The Hall–Kier alpha value is -1.42. The largest absolute Gasteiger partial charge is 0.396 e. The van der Waals surface area contributed by atoms with E-state index in [1.54, 1.807) is 11.3 Å². The molecule has 5 nitrogen and oxygen atoms in total. The molecule has 0 bridgehead atoms. The van der Waals surface area contributed by atoms with Gasteiger partial charge in [-0.3, -0.25) is 4.79 Å². The van der Waals surface area contributed by atoms with Crippen LogP contribution in [0.25, 0.3) is 0 Å². The van der Waals surface area contributed by atoms with Crippen molar-refractivity contribution in [1.29, 1.82) is 5.26 Å². The smallest absolute Gasteiger partial charge is 0.226 e. The molecule has 2 N–H and O–H groups in total. The fourth-order valence-corrected chi connectivity index (χ4v) is 5.06. The van der Waals surface area contributed by atoms with E-state index in [0.717, 1.165) is 55.8 Å². The van der Waals surface area contributed by atoms with Crippen LogP contribution in [-0.4, -0.2) is 42.2 Å². The summed E-state index contributed by atoms with van der Waals surface area (Å²) in [5.41, 5.74) is 1.77. The second kappa shape index (κ2) is 7.22. The number of carbonyl (C=O) groups excluding carboxylic acids is 1. The number of hydrogen-bond donors (Lipinski definition) is 2. The van der Waals surface area contributed by atoms with Crippen molar-refractivity contribution in [3.8, 4) is 6.07 Å². The zero-order valence-corrected chi connectivity index (χ0v) is 15.0. The summed E-state index contributed by atoms with van der Waals surface area (Å²) in [4.78, 5) is 15.8. The van der Waals surface area contributed by atoms with Gasteiger partial charge in [0.1, 0.15) is 11.1 Å². The summed E-state index contributed by atoms with van der Waals surface area (Å²) in [5.74, 6) is -0.0253. The first-order valence-electron chi connectivity index (χ1n) is 8.72. The fourth-order valence-electron chi connectivity index (χ4n) is 3.81. The molecule has 130 valence electrons. The van der Waals surface area contributed by atoms with Gasteiger partial charge in [-0.15, -0.1) is 11.3 Å². The number of hydrogen-bond acceptors (Lipinski definition) is 5. The maximum atomic E-state index is 12.3. The predicted octanol–water partition coefficient (Wildman–Crippen LogP) is 2.53. The Labute approximate surface area is 147 Å². The number of thiophene rings is 1. The highest BCUT2D eigenvalue weighted by molar-refractivity contribution is 7.16. The molecule has 1 unspecified atom stereocenters. The summed E-state index contributed by atoms with van der Waals surface area (Å²) < 4.78 is 0. The minimum absolute atomic E-state index is 0.0253. The van der Waals surface area contributed by atoms with E-state index in [9.17, 15) is 15.2 Å². The number of nitrogens with zero attached hydrogens (tertiary/aromatic N) is 2. The summed E-state index contributed by atoms with van der Waals surface area (Å²) in [6, 6.07) is 2.26. The number of aliphatic hydroxyl groups excluding tert-OH is 1. The van der Waals surface area contributed by atoms with E-state index in [1.807, 2.05) is 0 Å². The van der Waals surface area contributed by atoms with Gasteiger partial charge in [0.25, 0.3) is 0 Å². The molecule has 1 fully saturated rings. The number of amides is 1. The standard InChI is InChI=1S/C18H25N3O2S/c1-18(12-22)7-3-8-21(11-18)9-6-16(23)20-17-14(10-19)13-4-2-5-15(13)24-17/h22H,2-9,11-12H2,1H3,(H,20,23). The van der Waals surface area contributed by atoms with Crippen LogP contribution in [0.15, 0.2) is 0 Å². The van der Waals surface area contributed by atoms with E-state index >= 15 is 0 Å². The molecule has 1 aliphatic heterocycles. The molecule has 24 heavy (non-hydrogen) atoms. The van der Waals surface area contributed by atoms with Crippen molar-refractivity contribution in [2.75, 3.05) is 31.6 Å². The van der Waals surface area contributed by atoms with Crippen molar-refractivity contribution in [1.82, 2.24) is 4.90 Å². The molecule has 0 aromatic carbocycles. The lowest BCUT2D eigenvalue weighted by Crippen LogP contribution is -2.44. The zero-order chi connectivity index (χ0) is 17.2. The Morgan fingerprint density at radius 1 is 1.46 bits per heavy atom. The van der Waals surface area contributed by atoms with E-state index < -0.39 is 0 Å². The number of likely N-dealkylation sites (tertiary alicyclic amines) is 1. The number of anilines is 1. The predicted molar refractivity (Wildman–Crippen MR) is 95.2 cm³/mol. The minimum Gasteiger partial charge on any atom is -0.396 e. The van der Waals surface area contributed by atoms with Crippen LogP contribution in [0, 0.1) is 16.7 Å². The topological polar surface area (TPSA) is 76.4 Å². The van der Waals surface area contributed by atoms with Crippen LogP contribution in [0.3, 0.4) is 0 Å². The molecule has 6 heteroatoms. The van der Waals surface area contributed by atoms with Crippen molar-refractivity contribution in [3.05, 3.63) is 16.0 Å². The Morgan fingerprint density at radius 2 is 2.29 bits per heavy atom. The number of piperidine rings is 1. The van der Waals surface area contributed by atoms with Crippen molar-refractivity contribution < 1.29 is 9.90 Å². The van der Waals surface area contributed by atoms with Crippen molar-refractivity contribution >= 4 is 22.2 Å². The third kappa shape index (κ3) is 3.64. The maximum Gasteiger partial charge on any atom is 0.226 e. The summed E-state index contributed by atoms with van der Waals surface area (Å²) in [6.07, 6.45) is 5.63. The number of nitrogens with one attached hydrogen (secondary N) is 1. The molecule has 2 heterocycles. The van der Waals surface area contributed by atoms with Gasteiger partial charge in [0.05, 0.1) is 5.56 Å². The molecule has 0 radical (unpaired) electrons. The molecule has 1 amide bonds. The monoisotopic (exact) mass is 347 g/mol. The van der Waals surface area contributed by atoms with Gasteiger partial charge in [-0.05, 0) is 44.2 Å². The lowest BCUT2D eigenvalue weighted by Gasteiger charge is -2.39. The first kappa shape index (κ1) is 17.4. The van der Waals surface area contributed by atoms with Gasteiger partial charge < -0.3 is 15.3 Å². The quantitative estimate of drug-likeness (QED) is 0.858. The first-order chi connectivity index (χ1) is 11.5. The molecule has 0 spiro atoms. The van der Waals surface area contributed by atoms with Crippen LogP contribution in [0.4, 0.5) is 5.00 Å². The van der Waals surface area contributed by atoms with Crippen LogP contribution < -0.4 is 5.32 Å². The summed E-state index contributed by atoms with van der Waals surface area (Å²) in [5, 5.41) is 22.6. The van der Waals surface area contributed by atoms with Crippen molar-refractivity contribution in [3.63, 3.8) is 0 Å². The third-order valence-corrected chi connectivity index (χ3v) is 6.39. The molecule has 0 saturated carbocycles. The number of carbonyl (C=O) groups is 1. The molecular weight excluding hydrogens is 322 g/mol. The molecule has 1 saturated heterocycles. The molecule has 1 aliphatic carbocycles. The lowest BCUT2D eigenvalue weighted by molar-refractivity contribution is -0.116. The van der Waals surface area contributed by atoms with Gasteiger partial charge in [-0.1, -0.05) is 6.92 Å². The summed E-state index contributed by atoms with van der Waals surface area (Å²) >= 11 is 1.57. The number of aliphatic hydroxyl groups is 1. The number of nitriles is 1. The Balaban J connectivity index is 1.54. The average molecular weight is 347 g/mol. The fraction of sp³-hybridized carbons (Fsp3) is 0.667. The second-order valence-corrected chi connectivity index (χ2v) is 8.43. The number of rotatable bonds is 5. The van der Waals surface area contributed by atoms with Gasteiger partial charge in [-0.2, -0.15) is 5.26 Å². The highest BCUT2D eigenvalue weighted by Gasteiger charge is 2.30.